The van der Waals surface area contributed by atoms with E-state index in [1.165, 1.54) is 25.7 Å². The molecule has 0 spiro atoms. The summed E-state index contributed by atoms with van der Waals surface area (Å²) in [6.07, 6.45) is 7.39. The van der Waals surface area contributed by atoms with Crippen LogP contribution in [-0.2, 0) is 4.79 Å². The molecule has 1 rings (SSSR count). The van der Waals surface area contributed by atoms with Gasteiger partial charge in [-0.2, -0.15) is 0 Å². The molecule has 0 bridgehead atoms. The third-order valence-corrected chi connectivity index (χ3v) is 3.35. The van der Waals surface area contributed by atoms with E-state index in [9.17, 15) is 4.79 Å². The monoisotopic (exact) mass is 197 g/mol. The molecule has 0 aliphatic heterocycles. The van der Waals surface area contributed by atoms with Crippen LogP contribution in [0.1, 0.15) is 52.4 Å². The van der Waals surface area contributed by atoms with Crippen molar-refractivity contribution in [3.05, 3.63) is 0 Å². The number of carbonyl (C=O) groups is 1. The molecule has 1 aliphatic rings. The van der Waals surface area contributed by atoms with Gasteiger partial charge in [-0.25, -0.2) is 0 Å². The van der Waals surface area contributed by atoms with Crippen molar-refractivity contribution in [2.75, 3.05) is 6.54 Å². The third-order valence-electron chi connectivity index (χ3n) is 3.35. The first-order valence-electron chi connectivity index (χ1n) is 6.03. The van der Waals surface area contributed by atoms with Gasteiger partial charge in [0.25, 0.3) is 0 Å². The molecule has 1 saturated carbocycles. The van der Waals surface area contributed by atoms with Crippen LogP contribution in [0.15, 0.2) is 0 Å². The van der Waals surface area contributed by atoms with E-state index in [0.717, 1.165) is 19.4 Å². The third kappa shape index (κ3) is 3.32. The van der Waals surface area contributed by atoms with Crippen LogP contribution in [0.3, 0.4) is 0 Å². The van der Waals surface area contributed by atoms with Crippen LogP contribution in [0.2, 0.25) is 0 Å². The second kappa shape index (κ2) is 6.05. The van der Waals surface area contributed by atoms with Crippen molar-refractivity contribution in [3.8, 4) is 0 Å². The molecule has 0 radical (unpaired) electrons. The predicted molar refractivity (Wildman–Crippen MR) is 59.0 cm³/mol. The Bertz CT molecular complexity index is 173. The Morgan fingerprint density at radius 2 is 2.07 bits per heavy atom. The summed E-state index contributed by atoms with van der Waals surface area (Å²) in [7, 11) is 0. The van der Waals surface area contributed by atoms with Crippen LogP contribution >= 0.6 is 0 Å². The number of hydrogen-bond acceptors (Lipinski definition) is 1. The largest absolute Gasteiger partial charge is 0.356 e. The molecule has 2 nitrogen and oxygen atoms in total. The lowest BCUT2D eigenvalue weighted by Gasteiger charge is -2.17. The van der Waals surface area contributed by atoms with Crippen LogP contribution in [0.5, 0.6) is 0 Å². The Morgan fingerprint density at radius 1 is 1.43 bits per heavy atom. The van der Waals surface area contributed by atoms with Crippen molar-refractivity contribution in [3.63, 3.8) is 0 Å². The molecule has 1 aliphatic carbocycles. The second-order valence-corrected chi connectivity index (χ2v) is 4.48. The van der Waals surface area contributed by atoms with Crippen molar-refractivity contribution in [1.82, 2.24) is 5.32 Å². The van der Waals surface area contributed by atoms with Crippen molar-refractivity contribution in [2.24, 2.45) is 11.8 Å². The maximum absolute atomic E-state index is 11.7. The minimum absolute atomic E-state index is 0.231. The summed E-state index contributed by atoms with van der Waals surface area (Å²) < 4.78 is 0. The Labute approximate surface area is 87.5 Å². The topological polar surface area (TPSA) is 29.1 Å². The Morgan fingerprint density at radius 3 is 2.64 bits per heavy atom. The van der Waals surface area contributed by atoms with Gasteiger partial charge in [0.15, 0.2) is 0 Å². The number of carbonyl (C=O) groups excluding carboxylic acids is 1. The molecule has 1 amide bonds. The maximum atomic E-state index is 11.7. The number of unbranched alkanes of at least 4 members (excludes halogenated alkanes) is 1. The van der Waals surface area contributed by atoms with Crippen molar-refractivity contribution in [1.29, 1.82) is 0 Å². The highest BCUT2D eigenvalue weighted by Crippen LogP contribution is 2.31. The second-order valence-electron chi connectivity index (χ2n) is 4.48. The zero-order valence-electron chi connectivity index (χ0n) is 9.51. The van der Waals surface area contributed by atoms with Gasteiger partial charge in [-0.05, 0) is 25.2 Å². The molecule has 0 heterocycles. The average molecular weight is 197 g/mol. The molecule has 1 unspecified atom stereocenters. The van der Waals surface area contributed by atoms with E-state index in [-0.39, 0.29) is 11.8 Å². The van der Waals surface area contributed by atoms with Crippen LogP contribution in [-0.4, -0.2) is 12.5 Å². The molecule has 1 fully saturated rings. The van der Waals surface area contributed by atoms with Crippen LogP contribution in [0, 0.1) is 11.8 Å². The quantitative estimate of drug-likeness (QED) is 0.675. The summed E-state index contributed by atoms with van der Waals surface area (Å²) >= 11 is 0. The van der Waals surface area contributed by atoms with Crippen LogP contribution in [0.4, 0.5) is 0 Å². The van der Waals surface area contributed by atoms with Gasteiger partial charge in [0, 0.05) is 12.5 Å². The van der Waals surface area contributed by atoms with Gasteiger partial charge < -0.3 is 5.32 Å². The lowest BCUT2D eigenvalue weighted by molar-refractivity contribution is -0.126. The highest BCUT2D eigenvalue weighted by atomic mass is 16.1. The molecule has 1 atom stereocenters. The van der Waals surface area contributed by atoms with Gasteiger partial charge in [-0.1, -0.05) is 33.1 Å². The maximum Gasteiger partial charge on any atom is 0.223 e. The first-order chi connectivity index (χ1) is 6.75. The van der Waals surface area contributed by atoms with Gasteiger partial charge in [-0.3, -0.25) is 4.79 Å². The van der Waals surface area contributed by atoms with E-state index in [2.05, 4.69) is 19.2 Å². The highest BCUT2D eigenvalue weighted by Gasteiger charge is 2.26. The minimum Gasteiger partial charge on any atom is -0.356 e. The zero-order chi connectivity index (χ0) is 10.4. The van der Waals surface area contributed by atoms with Crippen LogP contribution < -0.4 is 5.32 Å². The van der Waals surface area contributed by atoms with E-state index < -0.39 is 0 Å². The van der Waals surface area contributed by atoms with Gasteiger partial charge in [0.1, 0.15) is 0 Å². The zero-order valence-corrected chi connectivity index (χ0v) is 9.51. The first-order valence-corrected chi connectivity index (χ1v) is 6.03. The van der Waals surface area contributed by atoms with Gasteiger partial charge in [0.2, 0.25) is 5.91 Å². The fraction of sp³-hybridized carbons (Fsp3) is 0.917. The molecule has 14 heavy (non-hydrogen) atoms. The van der Waals surface area contributed by atoms with Gasteiger partial charge in [0.05, 0.1) is 0 Å². The van der Waals surface area contributed by atoms with E-state index in [1.54, 1.807) is 0 Å². The van der Waals surface area contributed by atoms with Crippen molar-refractivity contribution in [2.45, 2.75) is 52.4 Å². The summed E-state index contributed by atoms with van der Waals surface area (Å²) in [4.78, 5) is 11.7. The van der Waals surface area contributed by atoms with Gasteiger partial charge in [-0.15, -0.1) is 0 Å². The Hall–Kier alpha value is -0.530. The predicted octanol–water partition coefficient (Wildman–Crippen LogP) is 2.73. The molecular weight excluding hydrogens is 174 g/mol. The molecule has 0 saturated heterocycles. The molecular formula is C12H23NO. The average Bonchev–Trinajstić information content (AvgIpc) is 2.69. The lowest BCUT2D eigenvalue weighted by Crippen LogP contribution is -2.33. The van der Waals surface area contributed by atoms with Crippen molar-refractivity contribution >= 4 is 5.91 Å². The Kier molecular flexibility index (Phi) is 4.99. The smallest absolute Gasteiger partial charge is 0.223 e. The number of nitrogens with one attached hydrogen (secondary N) is 1. The normalized spacial score (nSPS) is 19.6. The van der Waals surface area contributed by atoms with E-state index >= 15 is 0 Å². The van der Waals surface area contributed by atoms with Crippen molar-refractivity contribution < 1.29 is 4.79 Å². The molecule has 0 aromatic carbocycles. The van der Waals surface area contributed by atoms with E-state index in [4.69, 9.17) is 0 Å². The van der Waals surface area contributed by atoms with E-state index in [1.807, 2.05) is 0 Å². The highest BCUT2D eigenvalue weighted by molar-refractivity contribution is 5.78. The minimum atomic E-state index is 0.231. The summed E-state index contributed by atoms with van der Waals surface area (Å²) in [6.45, 7) is 5.08. The summed E-state index contributed by atoms with van der Waals surface area (Å²) in [5, 5.41) is 3.02. The first kappa shape index (κ1) is 11.5. The fourth-order valence-electron chi connectivity index (χ4n) is 2.22. The van der Waals surface area contributed by atoms with Crippen LogP contribution in [0.25, 0.3) is 0 Å². The lowest BCUT2D eigenvalue weighted by atomic mass is 9.92. The molecule has 0 aromatic heterocycles. The fourth-order valence-corrected chi connectivity index (χ4v) is 2.22. The summed E-state index contributed by atoms with van der Waals surface area (Å²) in [6, 6.07) is 0. The Balaban J connectivity index is 2.21. The standard InChI is InChI=1S/C12H23NO/c1-3-4-9-13-12(14)10(2)11-7-5-6-8-11/h10-11H,3-9H2,1-2H3,(H,13,14). The SMILES string of the molecule is CCCCNC(=O)C(C)C1CCCC1. The molecule has 2 heteroatoms. The molecule has 82 valence electrons. The molecule has 1 N–H and O–H groups in total. The van der Waals surface area contributed by atoms with E-state index in [0.29, 0.717) is 5.92 Å². The van der Waals surface area contributed by atoms with Gasteiger partial charge >= 0.3 is 0 Å². The summed E-state index contributed by atoms with van der Waals surface area (Å²) in [5.74, 6) is 1.15. The summed E-state index contributed by atoms with van der Waals surface area (Å²) in [5.41, 5.74) is 0. The number of rotatable bonds is 5. The molecule has 0 aromatic rings. The number of amides is 1. The number of hydrogen-bond donors (Lipinski definition) is 1.